The van der Waals surface area contributed by atoms with Crippen LogP contribution >= 0.6 is 0 Å². The largest absolute Gasteiger partial charge is 0.469 e. The highest BCUT2D eigenvalue weighted by Crippen LogP contribution is 2.32. The SMILES string of the molecule is COC(=O)CCCCN1C=Nc2c(nc(CCC3CCNCC3)n2C)C1O. The number of carbonyl (C=O) groups excluding carboxylic acids is 1. The molecule has 1 fully saturated rings. The van der Waals surface area contributed by atoms with Crippen LogP contribution in [0, 0.1) is 5.92 Å². The molecule has 0 spiro atoms. The van der Waals surface area contributed by atoms with Gasteiger partial charge in [-0.15, -0.1) is 0 Å². The van der Waals surface area contributed by atoms with Crippen molar-refractivity contribution in [2.45, 2.75) is 51.2 Å². The van der Waals surface area contributed by atoms with Crippen LogP contribution in [0.5, 0.6) is 0 Å². The van der Waals surface area contributed by atoms with E-state index < -0.39 is 6.23 Å². The number of aromatic nitrogens is 2. The Hall–Kier alpha value is -1.93. The smallest absolute Gasteiger partial charge is 0.305 e. The van der Waals surface area contributed by atoms with Crippen molar-refractivity contribution in [2.24, 2.45) is 18.0 Å². The van der Waals surface area contributed by atoms with E-state index in [1.54, 1.807) is 11.2 Å². The van der Waals surface area contributed by atoms with Crippen molar-refractivity contribution < 1.29 is 14.6 Å². The maximum absolute atomic E-state index is 11.2. The fourth-order valence-corrected chi connectivity index (χ4v) is 3.81. The van der Waals surface area contributed by atoms with Gasteiger partial charge in [-0.05, 0) is 51.1 Å². The zero-order valence-corrected chi connectivity index (χ0v) is 16.4. The van der Waals surface area contributed by atoms with Gasteiger partial charge in [0.15, 0.2) is 12.0 Å². The van der Waals surface area contributed by atoms with Gasteiger partial charge >= 0.3 is 5.97 Å². The number of rotatable bonds is 8. The number of aryl methyl sites for hydroxylation is 1. The lowest BCUT2D eigenvalue weighted by Gasteiger charge is -2.27. The monoisotopic (exact) mass is 377 g/mol. The summed E-state index contributed by atoms with van der Waals surface area (Å²) in [5.41, 5.74) is 0.633. The molecule has 1 saturated heterocycles. The first kappa shape index (κ1) is 19.8. The van der Waals surface area contributed by atoms with Crippen molar-refractivity contribution in [3.05, 3.63) is 11.5 Å². The standard InChI is InChI=1S/C19H31N5O3/c1-23-15(7-6-14-8-10-20-11-9-14)22-17-18(23)21-13-24(19(17)26)12-4-3-5-16(25)27-2/h13-14,19-20,26H,3-12H2,1-2H3. The van der Waals surface area contributed by atoms with Gasteiger partial charge in [0.1, 0.15) is 11.5 Å². The Morgan fingerprint density at radius 1 is 1.37 bits per heavy atom. The van der Waals surface area contributed by atoms with Crippen molar-refractivity contribution in [3.63, 3.8) is 0 Å². The van der Waals surface area contributed by atoms with E-state index in [2.05, 4.69) is 15.0 Å². The number of hydrogen-bond donors (Lipinski definition) is 2. The summed E-state index contributed by atoms with van der Waals surface area (Å²) in [6.07, 6.45) is 7.29. The van der Waals surface area contributed by atoms with Gasteiger partial charge in [-0.1, -0.05) is 0 Å². The lowest BCUT2D eigenvalue weighted by atomic mass is 9.93. The third-order valence-electron chi connectivity index (χ3n) is 5.58. The van der Waals surface area contributed by atoms with Gasteiger partial charge in [0.25, 0.3) is 0 Å². The Morgan fingerprint density at radius 2 is 2.15 bits per heavy atom. The molecule has 27 heavy (non-hydrogen) atoms. The van der Waals surface area contributed by atoms with Crippen molar-refractivity contribution in [2.75, 3.05) is 26.7 Å². The average molecular weight is 377 g/mol. The number of methoxy groups -OCH3 is 1. The highest BCUT2D eigenvalue weighted by Gasteiger charge is 2.28. The summed E-state index contributed by atoms with van der Waals surface area (Å²) >= 11 is 0. The Morgan fingerprint density at radius 3 is 2.89 bits per heavy atom. The average Bonchev–Trinajstić information content (AvgIpc) is 3.02. The van der Waals surface area contributed by atoms with Crippen LogP contribution in [0.4, 0.5) is 5.82 Å². The van der Waals surface area contributed by atoms with Crippen molar-refractivity contribution >= 4 is 18.1 Å². The minimum Gasteiger partial charge on any atom is -0.469 e. The number of unbranched alkanes of at least 4 members (excludes halogenated alkanes) is 1. The first-order valence-electron chi connectivity index (χ1n) is 9.91. The summed E-state index contributed by atoms with van der Waals surface area (Å²) in [6.45, 7) is 2.84. The number of nitrogens with zero attached hydrogens (tertiary/aromatic N) is 4. The van der Waals surface area contributed by atoms with Gasteiger partial charge in [-0.3, -0.25) is 4.79 Å². The second-order valence-electron chi connectivity index (χ2n) is 7.42. The van der Waals surface area contributed by atoms with Crippen LogP contribution in [0.25, 0.3) is 0 Å². The molecule has 8 heteroatoms. The summed E-state index contributed by atoms with van der Waals surface area (Å²) in [6, 6.07) is 0. The van der Waals surface area contributed by atoms with Crippen molar-refractivity contribution in [1.29, 1.82) is 0 Å². The number of piperidine rings is 1. The number of imidazole rings is 1. The molecule has 0 radical (unpaired) electrons. The maximum atomic E-state index is 11.2. The number of nitrogens with one attached hydrogen (secondary N) is 1. The fraction of sp³-hybridized carbons (Fsp3) is 0.737. The molecule has 0 bridgehead atoms. The number of carbonyl (C=O) groups is 1. The maximum Gasteiger partial charge on any atom is 0.305 e. The van der Waals surface area contributed by atoms with Crippen LogP contribution in [-0.2, 0) is 23.0 Å². The lowest BCUT2D eigenvalue weighted by molar-refractivity contribution is -0.140. The number of aliphatic hydroxyl groups excluding tert-OH is 1. The summed E-state index contributed by atoms with van der Waals surface area (Å²) in [5.74, 6) is 2.28. The minimum atomic E-state index is -0.783. The van der Waals surface area contributed by atoms with E-state index >= 15 is 0 Å². The predicted molar refractivity (Wildman–Crippen MR) is 103 cm³/mol. The molecule has 1 aromatic heterocycles. The number of hydrogen-bond acceptors (Lipinski definition) is 7. The van der Waals surface area contributed by atoms with Gasteiger partial charge in [0.2, 0.25) is 0 Å². The molecule has 8 nitrogen and oxygen atoms in total. The van der Waals surface area contributed by atoms with Gasteiger partial charge in [0, 0.05) is 26.4 Å². The summed E-state index contributed by atoms with van der Waals surface area (Å²) in [5, 5.41) is 14.1. The third-order valence-corrected chi connectivity index (χ3v) is 5.58. The van der Waals surface area contributed by atoms with E-state index in [-0.39, 0.29) is 5.97 Å². The topological polar surface area (TPSA) is 92.0 Å². The van der Waals surface area contributed by atoms with Crippen molar-refractivity contribution in [3.8, 4) is 0 Å². The zero-order chi connectivity index (χ0) is 19.2. The molecule has 1 aromatic rings. The number of esters is 1. The molecule has 3 heterocycles. The quantitative estimate of drug-likeness (QED) is 0.529. The molecule has 2 N–H and O–H groups in total. The first-order chi connectivity index (χ1) is 13.1. The molecule has 1 atom stereocenters. The van der Waals surface area contributed by atoms with Gasteiger partial charge in [-0.2, -0.15) is 0 Å². The second kappa shape index (κ2) is 9.32. The molecule has 1 unspecified atom stereocenters. The van der Waals surface area contributed by atoms with E-state index in [0.717, 1.165) is 56.3 Å². The van der Waals surface area contributed by atoms with Crippen LogP contribution in [0.15, 0.2) is 4.99 Å². The van der Waals surface area contributed by atoms with Crippen LogP contribution in [0.3, 0.4) is 0 Å². The van der Waals surface area contributed by atoms with E-state index in [1.165, 1.54) is 20.0 Å². The number of ether oxygens (including phenoxy) is 1. The van der Waals surface area contributed by atoms with Crippen LogP contribution in [0.2, 0.25) is 0 Å². The van der Waals surface area contributed by atoms with Crippen molar-refractivity contribution in [1.82, 2.24) is 19.8 Å². The Kier molecular flexibility index (Phi) is 6.84. The fourth-order valence-electron chi connectivity index (χ4n) is 3.81. The molecular formula is C19H31N5O3. The van der Waals surface area contributed by atoms with Gasteiger partial charge in [-0.25, -0.2) is 9.98 Å². The van der Waals surface area contributed by atoms with Crippen LogP contribution in [-0.4, -0.2) is 58.6 Å². The predicted octanol–water partition coefficient (Wildman–Crippen LogP) is 1.66. The van der Waals surface area contributed by atoms with Crippen LogP contribution in [0.1, 0.15) is 56.3 Å². The number of fused-ring (bicyclic) bond motifs is 1. The van der Waals surface area contributed by atoms with E-state index in [9.17, 15) is 9.90 Å². The minimum absolute atomic E-state index is 0.201. The van der Waals surface area contributed by atoms with E-state index in [4.69, 9.17) is 4.98 Å². The summed E-state index contributed by atoms with van der Waals surface area (Å²) in [4.78, 5) is 22.2. The third kappa shape index (κ3) is 4.87. The molecule has 0 saturated carbocycles. The molecule has 0 aromatic carbocycles. The molecule has 150 valence electrons. The Labute approximate surface area is 160 Å². The molecule has 2 aliphatic rings. The normalized spacial score (nSPS) is 20.0. The molecule has 3 rings (SSSR count). The second-order valence-corrected chi connectivity index (χ2v) is 7.42. The van der Waals surface area contributed by atoms with E-state index in [0.29, 0.717) is 18.7 Å². The number of aliphatic hydroxyl groups is 1. The molecular weight excluding hydrogens is 346 g/mol. The lowest BCUT2D eigenvalue weighted by Crippen LogP contribution is -2.31. The highest BCUT2D eigenvalue weighted by molar-refractivity contribution is 5.69. The Balaban J connectivity index is 1.55. The first-order valence-corrected chi connectivity index (χ1v) is 9.91. The summed E-state index contributed by atoms with van der Waals surface area (Å²) in [7, 11) is 3.37. The summed E-state index contributed by atoms with van der Waals surface area (Å²) < 4.78 is 6.65. The van der Waals surface area contributed by atoms with Gasteiger partial charge < -0.3 is 24.6 Å². The van der Waals surface area contributed by atoms with Gasteiger partial charge in [0.05, 0.1) is 13.4 Å². The van der Waals surface area contributed by atoms with E-state index in [1.807, 2.05) is 11.6 Å². The molecule has 0 aliphatic carbocycles. The van der Waals surface area contributed by atoms with Crippen LogP contribution < -0.4 is 5.32 Å². The highest BCUT2D eigenvalue weighted by atomic mass is 16.5. The zero-order valence-electron chi connectivity index (χ0n) is 16.4. The number of aliphatic imine (C=N–C) groups is 1. The molecule has 0 amide bonds. The molecule has 2 aliphatic heterocycles. The Bertz CT molecular complexity index is 667.